The van der Waals surface area contributed by atoms with Gasteiger partial charge in [-0.3, -0.25) is 4.79 Å². The van der Waals surface area contributed by atoms with Gasteiger partial charge in [-0.25, -0.2) is 4.79 Å². The summed E-state index contributed by atoms with van der Waals surface area (Å²) in [5, 5.41) is 9.17. The summed E-state index contributed by atoms with van der Waals surface area (Å²) in [5.74, 6) is 0.0343. The van der Waals surface area contributed by atoms with Crippen molar-refractivity contribution < 1.29 is 19.4 Å². The normalized spacial score (nSPS) is 15.3. The molecule has 1 aliphatic heterocycles. The molecule has 0 spiro atoms. The topological polar surface area (TPSA) is 66.8 Å². The van der Waals surface area contributed by atoms with Gasteiger partial charge in [0.15, 0.2) is 5.60 Å². The molecule has 1 amide bonds. The number of amides is 1. The van der Waals surface area contributed by atoms with Gasteiger partial charge in [0, 0.05) is 18.7 Å². The van der Waals surface area contributed by atoms with Gasteiger partial charge in [0.1, 0.15) is 5.75 Å². The first-order valence-electron chi connectivity index (χ1n) is 9.64. The van der Waals surface area contributed by atoms with Crippen LogP contribution in [0.2, 0.25) is 0 Å². The van der Waals surface area contributed by atoms with Crippen molar-refractivity contribution in [3.05, 3.63) is 65.2 Å². The fraction of sp³-hybridized carbons (Fsp3) is 0.391. The summed E-state index contributed by atoms with van der Waals surface area (Å²) in [6.45, 7) is 6.55. The predicted octanol–water partition coefficient (Wildman–Crippen LogP) is 4.26. The van der Waals surface area contributed by atoms with E-state index < -0.39 is 11.6 Å². The highest BCUT2D eigenvalue weighted by Gasteiger charge is 2.29. The van der Waals surface area contributed by atoms with E-state index in [1.165, 1.54) is 19.4 Å². The summed E-state index contributed by atoms with van der Waals surface area (Å²) >= 11 is 0. The number of likely N-dealkylation sites (tertiary alicyclic amines) is 1. The van der Waals surface area contributed by atoms with Gasteiger partial charge in [-0.05, 0) is 69.4 Å². The highest BCUT2D eigenvalue weighted by Crippen LogP contribution is 2.30. The summed E-state index contributed by atoms with van der Waals surface area (Å²) in [7, 11) is 0. The molecule has 28 heavy (non-hydrogen) atoms. The number of hydrogen-bond donors (Lipinski definition) is 1. The van der Waals surface area contributed by atoms with Crippen molar-refractivity contribution in [3.8, 4) is 5.75 Å². The molecule has 148 valence electrons. The monoisotopic (exact) mass is 381 g/mol. The minimum Gasteiger partial charge on any atom is -0.478 e. The second kappa shape index (κ2) is 8.05. The third-order valence-corrected chi connectivity index (χ3v) is 5.32. The molecule has 2 aromatic rings. The lowest BCUT2D eigenvalue weighted by molar-refractivity contribution is -0.152. The zero-order valence-electron chi connectivity index (χ0n) is 16.6. The Kier molecular flexibility index (Phi) is 5.73. The van der Waals surface area contributed by atoms with E-state index in [4.69, 9.17) is 9.84 Å². The van der Waals surface area contributed by atoms with Crippen LogP contribution in [0.3, 0.4) is 0 Å². The van der Waals surface area contributed by atoms with Crippen molar-refractivity contribution in [2.45, 2.75) is 45.1 Å². The number of carboxylic acid groups (broad SMARTS) is 1. The van der Waals surface area contributed by atoms with Gasteiger partial charge in [0.2, 0.25) is 0 Å². The largest absolute Gasteiger partial charge is 0.478 e. The molecular formula is C23H27NO4. The van der Waals surface area contributed by atoms with E-state index in [2.05, 4.69) is 0 Å². The molecule has 0 saturated carbocycles. The van der Waals surface area contributed by atoms with Gasteiger partial charge in [-0.15, -0.1) is 0 Å². The van der Waals surface area contributed by atoms with Crippen LogP contribution in [0.1, 0.15) is 54.1 Å². The van der Waals surface area contributed by atoms with E-state index in [0.29, 0.717) is 11.7 Å². The number of benzene rings is 2. The molecule has 0 radical (unpaired) electrons. The second-order valence-corrected chi connectivity index (χ2v) is 7.92. The van der Waals surface area contributed by atoms with Crippen LogP contribution >= 0.6 is 0 Å². The van der Waals surface area contributed by atoms with E-state index in [1.807, 2.05) is 60.4 Å². The lowest BCUT2D eigenvalue weighted by Gasteiger charge is -2.32. The first-order chi connectivity index (χ1) is 13.3. The highest BCUT2D eigenvalue weighted by molar-refractivity contribution is 5.94. The van der Waals surface area contributed by atoms with E-state index in [0.717, 1.165) is 37.1 Å². The maximum Gasteiger partial charge on any atom is 0.347 e. The predicted molar refractivity (Wildman–Crippen MR) is 108 cm³/mol. The Morgan fingerprint density at radius 2 is 1.57 bits per heavy atom. The first kappa shape index (κ1) is 19.9. The van der Waals surface area contributed by atoms with Crippen LogP contribution in [0.25, 0.3) is 0 Å². The average molecular weight is 381 g/mol. The smallest absolute Gasteiger partial charge is 0.347 e. The molecule has 0 bridgehead atoms. The zero-order chi connectivity index (χ0) is 20.3. The van der Waals surface area contributed by atoms with Gasteiger partial charge < -0.3 is 14.7 Å². The third kappa shape index (κ3) is 4.53. The molecule has 5 nitrogen and oxygen atoms in total. The number of carbonyl (C=O) groups excluding carboxylic acids is 1. The summed E-state index contributed by atoms with van der Waals surface area (Å²) in [6, 6.07) is 15.4. The molecule has 1 heterocycles. The van der Waals surface area contributed by atoms with Gasteiger partial charge >= 0.3 is 5.97 Å². The van der Waals surface area contributed by atoms with Crippen molar-refractivity contribution in [2.24, 2.45) is 0 Å². The molecule has 0 aliphatic carbocycles. The van der Waals surface area contributed by atoms with Crippen LogP contribution in [0.4, 0.5) is 0 Å². The number of aliphatic carboxylic acids is 1. The number of nitrogens with zero attached hydrogens (tertiary/aromatic N) is 1. The van der Waals surface area contributed by atoms with Crippen molar-refractivity contribution in [1.29, 1.82) is 0 Å². The van der Waals surface area contributed by atoms with Crippen LogP contribution in [0.15, 0.2) is 48.5 Å². The standard InChI is InChI=1S/C23H27NO4/c1-16-4-6-19(7-5-16)21(25)24-14-12-18(13-15-24)17-8-10-20(11-9-17)28-23(2,3)22(26)27/h4-11,18H,12-15H2,1-3H3,(H,26,27). The summed E-state index contributed by atoms with van der Waals surface area (Å²) < 4.78 is 5.56. The van der Waals surface area contributed by atoms with E-state index in [-0.39, 0.29) is 5.91 Å². The SMILES string of the molecule is Cc1ccc(C(=O)N2CCC(c3ccc(OC(C)(C)C(=O)O)cc3)CC2)cc1. The van der Waals surface area contributed by atoms with Gasteiger partial charge in [0.05, 0.1) is 0 Å². The number of aryl methyl sites for hydroxylation is 1. The lowest BCUT2D eigenvalue weighted by atomic mass is 9.89. The minimum absolute atomic E-state index is 0.0955. The Hall–Kier alpha value is -2.82. The highest BCUT2D eigenvalue weighted by atomic mass is 16.5. The molecular weight excluding hydrogens is 354 g/mol. The fourth-order valence-corrected chi connectivity index (χ4v) is 3.44. The fourth-order valence-electron chi connectivity index (χ4n) is 3.44. The lowest BCUT2D eigenvalue weighted by Crippen LogP contribution is -2.38. The average Bonchev–Trinajstić information content (AvgIpc) is 2.68. The van der Waals surface area contributed by atoms with E-state index in [1.54, 1.807) is 0 Å². The van der Waals surface area contributed by atoms with E-state index in [9.17, 15) is 9.59 Å². The molecule has 5 heteroatoms. The Morgan fingerprint density at radius 1 is 1.00 bits per heavy atom. The Labute approximate surface area is 165 Å². The van der Waals surface area contributed by atoms with Crippen molar-refractivity contribution in [2.75, 3.05) is 13.1 Å². The van der Waals surface area contributed by atoms with Gasteiger partial charge in [-0.1, -0.05) is 29.8 Å². The number of hydrogen-bond acceptors (Lipinski definition) is 3. The summed E-state index contributed by atoms with van der Waals surface area (Å²) in [6.07, 6.45) is 1.83. The number of carbonyl (C=O) groups is 2. The summed E-state index contributed by atoms with van der Waals surface area (Å²) in [4.78, 5) is 25.8. The molecule has 2 aromatic carbocycles. The second-order valence-electron chi connectivity index (χ2n) is 7.92. The van der Waals surface area contributed by atoms with Crippen LogP contribution in [0.5, 0.6) is 5.75 Å². The van der Waals surface area contributed by atoms with Crippen molar-refractivity contribution >= 4 is 11.9 Å². The van der Waals surface area contributed by atoms with Gasteiger partial charge in [0.25, 0.3) is 5.91 Å². The van der Waals surface area contributed by atoms with E-state index >= 15 is 0 Å². The third-order valence-electron chi connectivity index (χ3n) is 5.32. The number of ether oxygens (including phenoxy) is 1. The maximum atomic E-state index is 12.6. The number of rotatable bonds is 5. The number of carboxylic acids is 1. The van der Waals surface area contributed by atoms with Crippen LogP contribution in [0, 0.1) is 6.92 Å². The zero-order valence-corrected chi connectivity index (χ0v) is 16.6. The van der Waals surface area contributed by atoms with Gasteiger partial charge in [-0.2, -0.15) is 0 Å². The summed E-state index contributed by atoms with van der Waals surface area (Å²) in [5.41, 5.74) is 1.83. The molecule has 0 atom stereocenters. The molecule has 1 N–H and O–H groups in total. The van der Waals surface area contributed by atoms with Crippen LogP contribution in [-0.4, -0.2) is 40.6 Å². The molecule has 3 rings (SSSR count). The van der Waals surface area contributed by atoms with Crippen LogP contribution in [-0.2, 0) is 4.79 Å². The molecule has 1 aliphatic rings. The van der Waals surface area contributed by atoms with Crippen molar-refractivity contribution in [3.63, 3.8) is 0 Å². The molecule has 0 aromatic heterocycles. The maximum absolute atomic E-state index is 12.6. The Morgan fingerprint density at radius 3 is 2.11 bits per heavy atom. The Balaban J connectivity index is 1.58. The quantitative estimate of drug-likeness (QED) is 0.840. The molecule has 1 saturated heterocycles. The molecule has 1 fully saturated rings. The Bertz CT molecular complexity index is 832. The molecule has 0 unspecified atom stereocenters. The first-order valence-corrected chi connectivity index (χ1v) is 9.64. The number of piperidine rings is 1. The van der Waals surface area contributed by atoms with Crippen molar-refractivity contribution in [1.82, 2.24) is 4.90 Å². The minimum atomic E-state index is -1.26. The van der Waals surface area contributed by atoms with Crippen LogP contribution < -0.4 is 4.74 Å².